The van der Waals surface area contributed by atoms with Gasteiger partial charge < -0.3 is 0 Å². The van der Waals surface area contributed by atoms with E-state index in [1.54, 1.807) is 0 Å². The largest absolute Gasteiger partial charge is 0.294 e. The Hall–Kier alpha value is -1.63. The Balaban J connectivity index is 2.20. The van der Waals surface area contributed by atoms with Crippen molar-refractivity contribution >= 4 is 11.9 Å². The summed E-state index contributed by atoms with van der Waals surface area (Å²) in [6, 6.07) is 10.1. The fourth-order valence-corrected chi connectivity index (χ4v) is 2.41. The van der Waals surface area contributed by atoms with E-state index in [0.717, 1.165) is 17.6 Å². The number of rotatable bonds is 2. The van der Waals surface area contributed by atoms with Gasteiger partial charge in [0.25, 0.3) is 0 Å². The molecule has 0 saturated heterocycles. The average Bonchev–Trinajstić information content (AvgIpc) is 2.37. The molecule has 1 aliphatic carbocycles. The van der Waals surface area contributed by atoms with Crippen LogP contribution in [0.4, 0.5) is 0 Å². The van der Waals surface area contributed by atoms with Gasteiger partial charge in [-0.15, -0.1) is 0 Å². The highest BCUT2D eigenvalue weighted by atomic mass is 16.1. The van der Waals surface area contributed by atoms with Gasteiger partial charge in [0.05, 0.1) is 0 Å². The molecule has 2 rings (SSSR count). The van der Waals surface area contributed by atoms with Crippen molar-refractivity contribution in [1.29, 1.82) is 0 Å². The second-order valence-electron chi connectivity index (χ2n) is 6.30. The molecule has 1 aromatic rings. The summed E-state index contributed by atoms with van der Waals surface area (Å²) in [4.78, 5) is 12.0. The highest BCUT2D eigenvalue weighted by molar-refractivity contribution is 5.99. The van der Waals surface area contributed by atoms with E-state index < -0.39 is 0 Å². The highest BCUT2D eigenvalue weighted by Gasteiger charge is 2.27. The van der Waals surface area contributed by atoms with Gasteiger partial charge in [0.2, 0.25) is 0 Å². The number of benzene rings is 1. The van der Waals surface area contributed by atoms with E-state index in [2.05, 4.69) is 26.8 Å². The molecule has 0 aromatic heterocycles. The van der Waals surface area contributed by atoms with Crippen LogP contribution in [-0.2, 0) is 4.79 Å². The number of hydrogen-bond acceptors (Lipinski definition) is 1. The third-order valence-electron chi connectivity index (χ3n) is 3.75. The zero-order valence-corrected chi connectivity index (χ0v) is 12.0. The Labute approximate surface area is 116 Å². The van der Waals surface area contributed by atoms with Gasteiger partial charge in [-0.05, 0) is 23.3 Å². The minimum Gasteiger partial charge on any atom is -0.294 e. The molecule has 0 saturated carbocycles. The maximum absolute atomic E-state index is 12.0. The lowest BCUT2D eigenvalue weighted by Crippen LogP contribution is -2.24. The number of carbonyl (C=O) groups excluding carboxylic acids is 1. The third-order valence-corrected chi connectivity index (χ3v) is 3.75. The Morgan fingerprint density at radius 2 is 1.79 bits per heavy atom. The van der Waals surface area contributed by atoms with E-state index in [1.807, 2.05) is 42.5 Å². The van der Waals surface area contributed by atoms with Gasteiger partial charge in [0.1, 0.15) is 0 Å². The molecule has 0 spiro atoms. The molecule has 0 heterocycles. The molecule has 1 aliphatic rings. The zero-order chi connectivity index (χ0) is 13.9. The van der Waals surface area contributed by atoms with Crippen molar-refractivity contribution in [3.05, 3.63) is 53.6 Å². The van der Waals surface area contributed by atoms with Crippen molar-refractivity contribution in [2.45, 2.75) is 33.6 Å². The third kappa shape index (κ3) is 3.66. The number of allylic oxidation sites excluding steroid dienone is 3. The standard InChI is InChI=1S/C18H22O/c1-18(2,3)16-11-12-17(19)15(13-16)10-9-14-7-5-4-6-8-14/h4-10,13,16H,11-12H2,1-3H3/b10-9+. The van der Waals surface area contributed by atoms with Crippen LogP contribution in [0, 0.1) is 11.3 Å². The van der Waals surface area contributed by atoms with E-state index in [1.165, 1.54) is 0 Å². The number of carbonyl (C=O) groups is 1. The molecule has 100 valence electrons. The first-order valence-corrected chi connectivity index (χ1v) is 6.95. The lowest BCUT2D eigenvalue weighted by Gasteiger charge is -2.31. The van der Waals surface area contributed by atoms with Crippen molar-refractivity contribution in [1.82, 2.24) is 0 Å². The molecule has 0 radical (unpaired) electrons. The summed E-state index contributed by atoms with van der Waals surface area (Å²) in [7, 11) is 0. The Bertz CT molecular complexity index is 500. The monoisotopic (exact) mass is 254 g/mol. The smallest absolute Gasteiger partial charge is 0.162 e. The van der Waals surface area contributed by atoms with Gasteiger partial charge in [0, 0.05) is 12.0 Å². The van der Waals surface area contributed by atoms with Gasteiger partial charge in [-0.1, -0.05) is 69.3 Å². The molecular weight excluding hydrogens is 232 g/mol. The van der Waals surface area contributed by atoms with Crippen molar-refractivity contribution in [3.8, 4) is 0 Å². The van der Waals surface area contributed by atoms with E-state index in [4.69, 9.17) is 0 Å². The fraction of sp³-hybridized carbons (Fsp3) is 0.389. The SMILES string of the molecule is CC(C)(C)C1C=C(/C=C/c2ccccc2)C(=O)CC1. The Morgan fingerprint density at radius 1 is 1.11 bits per heavy atom. The molecule has 0 fully saturated rings. The maximum atomic E-state index is 12.0. The van der Waals surface area contributed by atoms with Crippen LogP contribution in [0.2, 0.25) is 0 Å². The van der Waals surface area contributed by atoms with Crippen LogP contribution in [-0.4, -0.2) is 5.78 Å². The second kappa shape index (κ2) is 5.56. The summed E-state index contributed by atoms with van der Waals surface area (Å²) in [6.45, 7) is 6.72. The number of ketones is 1. The van der Waals surface area contributed by atoms with Crippen LogP contribution in [0.25, 0.3) is 6.08 Å². The molecule has 0 amide bonds. The quantitative estimate of drug-likeness (QED) is 0.750. The molecule has 1 atom stereocenters. The minimum absolute atomic E-state index is 0.229. The number of Topliss-reactive ketones (excluding diaryl/α,β-unsaturated/α-hetero) is 1. The Kier molecular flexibility index (Phi) is 4.04. The first-order chi connectivity index (χ1) is 8.97. The molecule has 1 nitrogen and oxygen atoms in total. The van der Waals surface area contributed by atoms with Crippen LogP contribution in [0.1, 0.15) is 39.2 Å². The normalized spacial score (nSPS) is 20.7. The fourth-order valence-electron chi connectivity index (χ4n) is 2.41. The summed E-state index contributed by atoms with van der Waals surface area (Å²) in [5.74, 6) is 0.758. The molecule has 19 heavy (non-hydrogen) atoms. The summed E-state index contributed by atoms with van der Waals surface area (Å²) >= 11 is 0. The van der Waals surface area contributed by atoms with Gasteiger partial charge in [-0.2, -0.15) is 0 Å². The van der Waals surface area contributed by atoms with Gasteiger partial charge in [0.15, 0.2) is 5.78 Å². The predicted octanol–water partition coefficient (Wildman–Crippen LogP) is 4.65. The molecule has 1 aromatic carbocycles. The van der Waals surface area contributed by atoms with Crippen LogP contribution in [0.5, 0.6) is 0 Å². The summed E-state index contributed by atoms with van der Waals surface area (Å²) in [6.07, 6.45) is 7.80. The van der Waals surface area contributed by atoms with Crippen LogP contribution < -0.4 is 0 Å². The highest BCUT2D eigenvalue weighted by Crippen LogP contribution is 2.35. The van der Waals surface area contributed by atoms with Gasteiger partial charge in [-0.25, -0.2) is 0 Å². The molecule has 1 heteroatoms. The van der Waals surface area contributed by atoms with Gasteiger partial charge >= 0.3 is 0 Å². The van der Waals surface area contributed by atoms with Crippen molar-refractivity contribution in [2.24, 2.45) is 11.3 Å². The molecule has 0 N–H and O–H groups in total. The van der Waals surface area contributed by atoms with E-state index in [9.17, 15) is 4.79 Å². The van der Waals surface area contributed by atoms with Crippen molar-refractivity contribution in [2.75, 3.05) is 0 Å². The second-order valence-corrected chi connectivity index (χ2v) is 6.30. The van der Waals surface area contributed by atoms with E-state index in [-0.39, 0.29) is 11.2 Å². The van der Waals surface area contributed by atoms with Crippen LogP contribution in [0.3, 0.4) is 0 Å². The summed E-state index contributed by atoms with van der Waals surface area (Å²) in [5, 5.41) is 0. The molecule has 0 aliphatic heterocycles. The molecule has 1 unspecified atom stereocenters. The first kappa shape index (κ1) is 13.8. The molecule has 0 bridgehead atoms. The van der Waals surface area contributed by atoms with Crippen molar-refractivity contribution in [3.63, 3.8) is 0 Å². The van der Waals surface area contributed by atoms with Crippen LogP contribution in [0.15, 0.2) is 48.1 Å². The lowest BCUT2D eigenvalue weighted by molar-refractivity contribution is -0.116. The Morgan fingerprint density at radius 3 is 2.42 bits per heavy atom. The van der Waals surface area contributed by atoms with Crippen molar-refractivity contribution < 1.29 is 4.79 Å². The topological polar surface area (TPSA) is 17.1 Å². The number of hydrogen-bond donors (Lipinski definition) is 0. The minimum atomic E-state index is 0.229. The predicted molar refractivity (Wildman–Crippen MR) is 80.7 cm³/mol. The zero-order valence-electron chi connectivity index (χ0n) is 12.0. The van der Waals surface area contributed by atoms with Crippen LogP contribution >= 0.6 is 0 Å². The lowest BCUT2D eigenvalue weighted by atomic mass is 9.73. The van der Waals surface area contributed by atoms with Gasteiger partial charge in [-0.3, -0.25) is 4.79 Å². The van der Waals surface area contributed by atoms with E-state index >= 15 is 0 Å². The first-order valence-electron chi connectivity index (χ1n) is 6.95. The summed E-state index contributed by atoms with van der Waals surface area (Å²) in [5.41, 5.74) is 2.23. The summed E-state index contributed by atoms with van der Waals surface area (Å²) < 4.78 is 0. The average molecular weight is 254 g/mol. The van der Waals surface area contributed by atoms with E-state index in [0.29, 0.717) is 12.3 Å². The molecular formula is C18H22O. The maximum Gasteiger partial charge on any atom is 0.162 e.